The summed E-state index contributed by atoms with van der Waals surface area (Å²) >= 11 is 1.12. The number of hydrogen-bond donors (Lipinski definition) is 6. The Labute approximate surface area is 327 Å². The molecule has 0 aliphatic carbocycles. The van der Waals surface area contributed by atoms with Crippen LogP contribution in [0, 0.1) is 32.6 Å². The van der Waals surface area contributed by atoms with Gasteiger partial charge in [-0.1, -0.05) is 58.0 Å². The average Bonchev–Trinajstić information content (AvgIpc) is 3.67. The van der Waals surface area contributed by atoms with Crippen LogP contribution < -0.4 is 36.5 Å². The number of amides is 4. The number of carbonyl (C=O) groups excluding carboxylic acids is 4. The topological polar surface area (TPSA) is 223 Å². The van der Waals surface area contributed by atoms with Crippen molar-refractivity contribution in [3.63, 3.8) is 0 Å². The van der Waals surface area contributed by atoms with E-state index in [0.29, 0.717) is 28.9 Å². The third-order valence-corrected chi connectivity index (χ3v) is 11.2. The summed E-state index contributed by atoms with van der Waals surface area (Å²) in [4.78, 5) is 62.0. The number of methoxy groups -OCH3 is 1. The van der Waals surface area contributed by atoms with E-state index < -0.39 is 51.8 Å². The standard InChI is InChI=1S/C38H54N8O7S2/c1-22(2)19-29(44-38(50)42-21-27-13-10-9-11-14-27)34(48)45-31(23(3)4)35(49)43-28(32(47)36-40-17-18-54-36)15-12-16-41-37(39)46-55(51,52)33-24(5)20-30(53-8)25(6)26(33)7/h9-11,13-14,17-18,20,22-23,28-29,31H,12,15-16,19,21H2,1-8H3,(H,43,49)(H,45,48)(H3,39,41,46)(H2,42,44,50)/t28-,29-,31-/m0/s1. The van der Waals surface area contributed by atoms with Gasteiger partial charge in [0.25, 0.3) is 10.0 Å². The number of guanidine groups is 1. The van der Waals surface area contributed by atoms with Crippen LogP contribution in [0.4, 0.5) is 4.79 Å². The minimum absolute atomic E-state index is 0.0325. The lowest BCUT2D eigenvalue weighted by Gasteiger charge is -2.27. The highest BCUT2D eigenvalue weighted by atomic mass is 32.2. The van der Waals surface area contributed by atoms with E-state index in [2.05, 4.69) is 36.0 Å². The Morgan fingerprint density at radius 1 is 0.945 bits per heavy atom. The van der Waals surface area contributed by atoms with Crippen LogP contribution in [0.1, 0.15) is 79.0 Å². The largest absolute Gasteiger partial charge is 0.496 e. The van der Waals surface area contributed by atoms with Crippen LogP contribution in [-0.2, 0) is 26.2 Å². The summed E-state index contributed by atoms with van der Waals surface area (Å²) in [5.41, 5.74) is 8.56. The molecule has 0 unspecified atom stereocenters. The van der Waals surface area contributed by atoms with Gasteiger partial charge in [-0.15, -0.1) is 11.3 Å². The zero-order valence-electron chi connectivity index (χ0n) is 32.7. The lowest BCUT2D eigenvalue weighted by Crippen LogP contribution is -2.58. The van der Waals surface area contributed by atoms with E-state index in [-0.39, 0.29) is 53.6 Å². The highest BCUT2D eigenvalue weighted by Gasteiger charge is 2.32. The fraction of sp³-hybridized carbons (Fsp3) is 0.474. The van der Waals surface area contributed by atoms with Crippen LogP contribution in [0.2, 0.25) is 0 Å². The molecule has 300 valence electrons. The number of aromatic nitrogens is 1. The van der Waals surface area contributed by atoms with E-state index >= 15 is 0 Å². The smallest absolute Gasteiger partial charge is 0.315 e. The number of Topliss-reactive ketones (excluding diaryl/α,β-unsaturated/α-hetero) is 1. The third kappa shape index (κ3) is 13.1. The number of nitrogens with two attached hydrogens (primary N) is 1. The molecule has 0 bridgehead atoms. The van der Waals surface area contributed by atoms with E-state index in [1.54, 1.807) is 46.1 Å². The first-order chi connectivity index (χ1) is 25.9. The van der Waals surface area contributed by atoms with Crippen LogP contribution in [0.15, 0.2) is 57.9 Å². The Bertz CT molecular complexity index is 1920. The zero-order chi connectivity index (χ0) is 40.9. The van der Waals surface area contributed by atoms with E-state index in [9.17, 15) is 27.6 Å². The second kappa shape index (κ2) is 20.6. The number of benzene rings is 2. The molecule has 17 heteroatoms. The lowest BCUT2D eigenvalue weighted by molar-refractivity contribution is -0.131. The van der Waals surface area contributed by atoms with Gasteiger partial charge in [0.05, 0.1) is 18.0 Å². The van der Waals surface area contributed by atoms with Gasteiger partial charge in [0, 0.05) is 24.7 Å². The molecular weight excluding hydrogens is 745 g/mol. The molecule has 1 aromatic heterocycles. The monoisotopic (exact) mass is 798 g/mol. The summed E-state index contributed by atoms with van der Waals surface area (Å²) in [7, 11) is -2.57. The number of hydrogen-bond acceptors (Lipinski definition) is 10. The number of urea groups is 1. The van der Waals surface area contributed by atoms with Gasteiger partial charge in [0.2, 0.25) is 23.6 Å². The molecule has 7 N–H and O–H groups in total. The van der Waals surface area contributed by atoms with Crippen molar-refractivity contribution in [2.45, 2.75) is 97.3 Å². The zero-order valence-corrected chi connectivity index (χ0v) is 34.3. The van der Waals surface area contributed by atoms with Crippen molar-refractivity contribution in [2.24, 2.45) is 22.6 Å². The van der Waals surface area contributed by atoms with E-state index in [4.69, 9.17) is 10.5 Å². The van der Waals surface area contributed by atoms with Gasteiger partial charge in [0.15, 0.2) is 5.01 Å². The molecule has 3 atom stereocenters. The molecule has 3 rings (SSSR count). The average molecular weight is 799 g/mol. The Balaban J connectivity index is 1.69. The molecule has 0 spiro atoms. The summed E-state index contributed by atoms with van der Waals surface area (Å²) in [6.45, 7) is 12.8. The first kappa shape index (κ1) is 44.4. The molecule has 0 aliphatic heterocycles. The molecular formula is C38H54N8O7S2. The van der Waals surface area contributed by atoms with Crippen molar-refractivity contribution in [2.75, 3.05) is 13.7 Å². The summed E-state index contributed by atoms with van der Waals surface area (Å²) in [5.74, 6) is -1.66. The van der Waals surface area contributed by atoms with Crippen molar-refractivity contribution in [3.05, 3.63) is 75.2 Å². The number of thiazole rings is 1. The first-order valence-corrected chi connectivity index (χ1v) is 20.4. The molecule has 0 saturated heterocycles. The predicted octanol–water partition coefficient (Wildman–Crippen LogP) is 3.87. The van der Waals surface area contributed by atoms with Gasteiger partial charge < -0.3 is 31.7 Å². The van der Waals surface area contributed by atoms with Crippen molar-refractivity contribution in [3.8, 4) is 5.75 Å². The van der Waals surface area contributed by atoms with Crippen LogP contribution in [-0.4, -0.2) is 74.8 Å². The minimum Gasteiger partial charge on any atom is -0.496 e. The number of nitrogens with one attached hydrogen (secondary N) is 5. The SMILES string of the molecule is COc1cc(C)c(S(=O)(=O)NC(N)=NCCC[C@H](NC(=O)[C@@H](NC(=O)[C@H](CC(C)C)NC(=O)NCc2ccccc2)C(C)C)C(=O)c2nccs2)c(C)c1C. The van der Waals surface area contributed by atoms with Crippen molar-refractivity contribution in [1.82, 2.24) is 31.0 Å². The Hall–Kier alpha value is -5.03. The molecule has 0 saturated carbocycles. The lowest BCUT2D eigenvalue weighted by atomic mass is 9.99. The molecule has 3 aromatic rings. The number of aliphatic imine (C=N–C) groups is 1. The minimum atomic E-state index is -4.08. The summed E-state index contributed by atoms with van der Waals surface area (Å²) in [6, 6.07) is 7.45. The number of ether oxygens (including phenoxy) is 1. The second-order valence-electron chi connectivity index (χ2n) is 14.0. The number of rotatable bonds is 19. The molecule has 55 heavy (non-hydrogen) atoms. The van der Waals surface area contributed by atoms with E-state index in [1.807, 2.05) is 44.2 Å². The van der Waals surface area contributed by atoms with Gasteiger partial charge in [-0.05, 0) is 80.2 Å². The molecule has 2 aromatic carbocycles. The van der Waals surface area contributed by atoms with Crippen LogP contribution >= 0.6 is 11.3 Å². The van der Waals surface area contributed by atoms with Gasteiger partial charge in [-0.25, -0.2) is 22.9 Å². The fourth-order valence-corrected chi connectivity index (χ4v) is 7.98. The summed E-state index contributed by atoms with van der Waals surface area (Å²) in [5, 5.41) is 12.9. The van der Waals surface area contributed by atoms with E-state index in [1.165, 1.54) is 13.3 Å². The number of ketones is 1. The molecule has 4 amide bonds. The number of carbonyl (C=O) groups is 4. The van der Waals surface area contributed by atoms with Crippen LogP contribution in [0.3, 0.4) is 0 Å². The second-order valence-corrected chi connectivity index (χ2v) is 16.5. The first-order valence-electron chi connectivity index (χ1n) is 18.0. The highest BCUT2D eigenvalue weighted by Crippen LogP contribution is 2.30. The maximum Gasteiger partial charge on any atom is 0.315 e. The van der Waals surface area contributed by atoms with Crippen molar-refractivity contribution >= 4 is 50.9 Å². The molecule has 1 heterocycles. The maximum atomic E-state index is 13.8. The quantitative estimate of drug-likeness (QED) is 0.0448. The highest BCUT2D eigenvalue weighted by molar-refractivity contribution is 7.90. The number of nitrogens with zero attached hydrogens (tertiary/aromatic N) is 2. The van der Waals surface area contributed by atoms with Crippen LogP contribution in [0.25, 0.3) is 0 Å². The normalized spacial score (nSPS) is 13.5. The maximum absolute atomic E-state index is 13.8. The van der Waals surface area contributed by atoms with Gasteiger partial charge in [-0.2, -0.15) is 0 Å². The Morgan fingerprint density at radius 3 is 2.24 bits per heavy atom. The molecule has 15 nitrogen and oxygen atoms in total. The van der Waals surface area contributed by atoms with Gasteiger partial charge in [-0.3, -0.25) is 19.4 Å². The third-order valence-electron chi connectivity index (χ3n) is 8.79. The molecule has 0 aliphatic rings. The Morgan fingerprint density at radius 2 is 1.64 bits per heavy atom. The van der Waals surface area contributed by atoms with Crippen molar-refractivity contribution in [1.29, 1.82) is 0 Å². The number of aryl methyl sites for hydroxylation is 1. The fourth-order valence-electron chi connectivity index (χ4n) is 5.87. The summed E-state index contributed by atoms with van der Waals surface area (Å²) in [6.07, 6.45) is 2.15. The van der Waals surface area contributed by atoms with Gasteiger partial charge >= 0.3 is 6.03 Å². The predicted molar refractivity (Wildman–Crippen MR) is 213 cm³/mol. The Kier molecular flexibility index (Phi) is 16.6. The molecule has 0 radical (unpaired) electrons. The van der Waals surface area contributed by atoms with E-state index in [0.717, 1.165) is 16.9 Å². The van der Waals surface area contributed by atoms with Gasteiger partial charge in [0.1, 0.15) is 17.8 Å². The number of sulfonamides is 1. The summed E-state index contributed by atoms with van der Waals surface area (Å²) < 4.78 is 34.2. The van der Waals surface area contributed by atoms with Crippen molar-refractivity contribution < 1.29 is 32.3 Å². The van der Waals surface area contributed by atoms with Crippen LogP contribution in [0.5, 0.6) is 5.75 Å². The molecule has 0 fully saturated rings.